The number of ketones is 1. The molecule has 0 radical (unpaired) electrons. The van der Waals surface area contributed by atoms with E-state index in [2.05, 4.69) is 5.32 Å². The van der Waals surface area contributed by atoms with Gasteiger partial charge in [0, 0.05) is 11.6 Å². The van der Waals surface area contributed by atoms with Crippen LogP contribution in [0.5, 0.6) is 0 Å². The van der Waals surface area contributed by atoms with Crippen LogP contribution in [-0.2, 0) is 9.59 Å². The minimum atomic E-state index is -0.722. The molecule has 5 heteroatoms. The van der Waals surface area contributed by atoms with E-state index in [0.29, 0.717) is 0 Å². The summed E-state index contributed by atoms with van der Waals surface area (Å²) in [7, 11) is 0. The molecular formula is C12H13F2NO2. The van der Waals surface area contributed by atoms with Gasteiger partial charge in [-0.25, -0.2) is 8.78 Å². The van der Waals surface area contributed by atoms with Gasteiger partial charge >= 0.3 is 0 Å². The average Bonchev–Trinajstić information content (AvgIpc) is 2.15. The summed E-state index contributed by atoms with van der Waals surface area (Å²) in [6, 6.07) is 2.53. The number of rotatable bonds is 4. The normalized spacial score (nSPS) is 12.0. The van der Waals surface area contributed by atoms with Gasteiger partial charge in [-0.05, 0) is 19.9 Å². The molecule has 0 heterocycles. The molecule has 1 unspecified atom stereocenters. The van der Waals surface area contributed by atoms with Crippen LogP contribution >= 0.6 is 0 Å². The van der Waals surface area contributed by atoms with E-state index in [9.17, 15) is 18.4 Å². The highest BCUT2D eigenvalue weighted by molar-refractivity contribution is 5.96. The molecule has 3 nitrogen and oxygen atoms in total. The van der Waals surface area contributed by atoms with Crippen LogP contribution in [0.25, 0.3) is 0 Å². The first kappa shape index (κ1) is 13.3. The van der Waals surface area contributed by atoms with E-state index in [0.717, 1.165) is 12.1 Å². The van der Waals surface area contributed by atoms with Crippen LogP contribution < -0.4 is 5.32 Å². The quantitative estimate of drug-likeness (QED) is 0.821. The number of Topliss-reactive ketones (excluding diaryl/α,β-unsaturated/α-hetero) is 1. The van der Waals surface area contributed by atoms with Gasteiger partial charge in [0.05, 0.1) is 12.5 Å². The Labute approximate surface area is 97.8 Å². The van der Waals surface area contributed by atoms with Crippen LogP contribution in [0, 0.1) is 11.6 Å². The third kappa shape index (κ3) is 3.94. The number of nitrogens with one attached hydrogen (secondary N) is 1. The molecule has 17 heavy (non-hydrogen) atoms. The van der Waals surface area contributed by atoms with E-state index in [1.807, 2.05) is 0 Å². The summed E-state index contributed by atoms with van der Waals surface area (Å²) in [6.07, 6.45) is -0.243. The Hall–Kier alpha value is -1.78. The van der Waals surface area contributed by atoms with Crippen molar-refractivity contribution in [3.63, 3.8) is 0 Å². The molecule has 0 spiro atoms. The molecule has 1 N–H and O–H groups in total. The fraction of sp³-hybridized carbons (Fsp3) is 0.333. The van der Waals surface area contributed by atoms with Gasteiger partial charge in [0.2, 0.25) is 5.91 Å². The SMILES string of the molecule is CC(=O)CC(=O)NC(C)c1ccc(F)cc1F. The third-order valence-corrected chi connectivity index (χ3v) is 2.22. The maximum Gasteiger partial charge on any atom is 0.227 e. The Balaban J connectivity index is 2.73. The zero-order chi connectivity index (χ0) is 13.0. The van der Waals surface area contributed by atoms with Crippen LogP contribution in [0.15, 0.2) is 18.2 Å². The Morgan fingerprint density at radius 1 is 1.35 bits per heavy atom. The van der Waals surface area contributed by atoms with E-state index in [-0.39, 0.29) is 17.8 Å². The zero-order valence-corrected chi connectivity index (χ0v) is 9.59. The number of carbonyl (C=O) groups excluding carboxylic acids is 2. The van der Waals surface area contributed by atoms with E-state index in [1.165, 1.54) is 13.0 Å². The Bertz CT molecular complexity index is 446. The van der Waals surface area contributed by atoms with Crippen LogP contribution in [0.2, 0.25) is 0 Å². The molecule has 0 saturated heterocycles. The predicted octanol–water partition coefficient (Wildman–Crippen LogP) is 2.12. The van der Waals surface area contributed by atoms with Crippen molar-refractivity contribution in [2.24, 2.45) is 0 Å². The number of halogens is 2. The molecule has 1 rings (SSSR count). The van der Waals surface area contributed by atoms with Crippen molar-refractivity contribution in [2.75, 3.05) is 0 Å². The smallest absolute Gasteiger partial charge is 0.227 e. The summed E-state index contributed by atoms with van der Waals surface area (Å²) >= 11 is 0. The number of carbonyl (C=O) groups is 2. The van der Waals surface area contributed by atoms with Gasteiger partial charge < -0.3 is 5.32 Å². The lowest BCUT2D eigenvalue weighted by molar-refractivity contribution is -0.127. The summed E-state index contributed by atoms with van der Waals surface area (Å²) in [4.78, 5) is 22.0. The van der Waals surface area contributed by atoms with Crippen molar-refractivity contribution in [1.29, 1.82) is 0 Å². The molecule has 92 valence electrons. The van der Waals surface area contributed by atoms with Gasteiger partial charge in [-0.15, -0.1) is 0 Å². The average molecular weight is 241 g/mol. The molecule has 0 aliphatic heterocycles. The maximum absolute atomic E-state index is 13.4. The van der Waals surface area contributed by atoms with E-state index in [4.69, 9.17) is 0 Å². The van der Waals surface area contributed by atoms with Crippen molar-refractivity contribution in [2.45, 2.75) is 26.3 Å². The van der Waals surface area contributed by atoms with Crippen LogP contribution in [0.1, 0.15) is 31.9 Å². The predicted molar refractivity (Wildman–Crippen MR) is 58.2 cm³/mol. The molecular weight excluding hydrogens is 228 g/mol. The summed E-state index contributed by atoms with van der Waals surface area (Å²) < 4.78 is 26.0. The molecule has 0 aliphatic rings. The van der Waals surface area contributed by atoms with Crippen LogP contribution in [0.4, 0.5) is 8.78 Å². The summed E-state index contributed by atoms with van der Waals surface area (Å²) in [6.45, 7) is 2.86. The van der Waals surface area contributed by atoms with E-state index < -0.39 is 23.6 Å². The second kappa shape index (κ2) is 5.52. The fourth-order valence-corrected chi connectivity index (χ4v) is 1.45. The van der Waals surface area contributed by atoms with Crippen molar-refractivity contribution >= 4 is 11.7 Å². The lowest BCUT2D eigenvalue weighted by Gasteiger charge is -2.14. The zero-order valence-electron chi connectivity index (χ0n) is 9.59. The lowest BCUT2D eigenvalue weighted by Crippen LogP contribution is -2.28. The number of benzene rings is 1. The van der Waals surface area contributed by atoms with Crippen molar-refractivity contribution in [3.8, 4) is 0 Å². The van der Waals surface area contributed by atoms with Gasteiger partial charge in [0.25, 0.3) is 0 Å². The Morgan fingerprint density at radius 3 is 2.53 bits per heavy atom. The Morgan fingerprint density at radius 2 is 2.00 bits per heavy atom. The highest BCUT2D eigenvalue weighted by atomic mass is 19.1. The second-order valence-electron chi connectivity index (χ2n) is 3.83. The van der Waals surface area contributed by atoms with E-state index >= 15 is 0 Å². The molecule has 1 amide bonds. The van der Waals surface area contributed by atoms with Gasteiger partial charge in [0.15, 0.2) is 0 Å². The van der Waals surface area contributed by atoms with Crippen molar-refractivity contribution < 1.29 is 18.4 Å². The van der Waals surface area contributed by atoms with Gasteiger partial charge in [-0.1, -0.05) is 6.07 Å². The third-order valence-electron chi connectivity index (χ3n) is 2.22. The summed E-state index contributed by atoms with van der Waals surface area (Å²) in [5.74, 6) is -2.14. The van der Waals surface area contributed by atoms with Crippen molar-refractivity contribution in [1.82, 2.24) is 5.32 Å². The van der Waals surface area contributed by atoms with Crippen LogP contribution in [-0.4, -0.2) is 11.7 Å². The van der Waals surface area contributed by atoms with Gasteiger partial charge in [-0.2, -0.15) is 0 Å². The van der Waals surface area contributed by atoms with E-state index in [1.54, 1.807) is 6.92 Å². The van der Waals surface area contributed by atoms with Crippen molar-refractivity contribution in [3.05, 3.63) is 35.4 Å². The van der Waals surface area contributed by atoms with Gasteiger partial charge in [-0.3, -0.25) is 9.59 Å². The highest BCUT2D eigenvalue weighted by Gasteiger charge is 2.14. The topological polar surface area (TPSA) is 46.2 Å². The summed E-state index contributed by atoms with van der Waals surface area (Å²) in [5.41, 5.74) is 0.184. The minimum absolute atomic E-state index is 0.184. The first-order valence-corrected chi connectivity index (χ1v) is 5.14. The monoisotopic (exact) mass is 241 g/mol. The first-order valence-electron chi connectivity index (χ1n) is 5.14. The molecule has 1 atom stereocenters. The molecule has 0 fully saturated rings. The molecule has 1 aromatic carbocycles. The lowest BCUT2D eigenvalue weighted by atomic mass is 10.1. The molecule has 1 aromatic rings. The van der Waals surface area contributed by atoms with Crippen LogP contribution in [0.3, 0.4) is 0 Å². The second-order valence-corrected chi connectivity index (χ2v) is 3.83. The molecule has 0 aliphatic carbocycles. The summed E-state index contributed by atoms with van der Waals surface area (Å²) in [5, 5.41) is 2.47. The largest absolute Gasteiger partial charge is 0.349 e. The number of hydrogen-bond donors (Lipinski definition) is 1. The number of amides is 1. The maximum atomic E-state index is 13.4. The molecule has 0 aromatic heterocycles. The number of hydrogen-bond acceptors (Lipinski definition) is 2. The molecule has 0 bridgehead atoms. The minimum Gasteiger partial charge on any atom is -0.349 e. The molecule has 0 saturated carbocycles. The highest BCUT2D eigenvalue weighted by Crippen LogP contribution is 2.17. The Kier molecular flexibility index (Phi) is 4.31. The standard InChI is InChI=1S/C12H13F2NO2/c1-7(16)5-12(17)15-8(2)10-4-3-9(13)6-11(10)14/h3-4,6,8H,5H2,1-2H3,(H,15,17). The fourth-order valence-electron chi connectivity index (χ4n) is 1.45. The van der Waals surface area contributed by atoms with Gasteiger partial charge in [0.1, 0.15) is 17.4 Å². The first-order chi connectivity index (χ1) is 7.90.